The third-order valence-corrected chi connectivity index (χ3v) is 7.27. The molecule has 0 atom stereocenters. The molecular formula is C27H43FO2. The van der Waals surface area contributed by atoms with E-state index in [2.05, 4.69) is 6.92 Å². The van der Waals surface area contributed by atoms with Crippen LogP contribution in [-0.2, 0) is 9.47 Å². The van der Waals surface area contributed by atoms with Gasteiger partial charge in [-0.05, 0) is 30.4 Å². The normalized spacial score (nSPS) is 27.3. The van der Waals surface area contributed by atoms with E-state index in [1.807, 2.05) is 0 Å². The summed E-state index contributed by atoms with van der Waals surface area (Å²) in [5.41, 5.74) is 0.911. The molecule has 3 rings (SSSR count). The monoisotopic (exact) mass is 418 g/mol. The summed E-state index contributed by atoms with van der Waals surface area (Å²) in [6, 6.07) is 6.45. The maximum atomic E-state index is 13.1. The molecule has 2 aliphatic rings. The van der Waals surface area contributed by atoms with E-state index in [9.17, 15) is 4.39 Å². The summed E-state index contributed by atoms with van der Waals surface area (Å²) in [6.45, 7) is 3.81. The fourth-order valence-electron chi connectivity index (χ4n) is 5.19. The maximum absolute atomic E-state index is 13.1. The van der Waals surface area contributed by atoms with Gasteiger partial charge in [0.05, 0.1) is 13.2 Å². The lowest BCUT2D eigenvalue weighted by molar-refractivity contribution is -0.206. The zero-order valence-electron chi connectivity index (χ0n) is 19.1. The van der Waals surface area contributed by atoms with Crippen molar-refractivity contribution in [1.82, 2.24) is 0 Å². The first-order valence-electron chi connectivity index (χ1n) is 12.7. The molecule has 0 radical (unpaired) electrons. The summed E-state index contributed by atoms with van der Waals surface area (Å²) < 4.78 is 24.9. The molecule has 0 bridgehead atoms. The number of ether oxygens (including phenoxy) is 2. The van der Waals surface area contributed by atoms with Gasteiger partial charge in [0.15, 0.2) is 6.29 Å². The summed E-state index contributed by atoms with van der Waals surface area (Å²) in [5, 5.41) is 0. The lowest BCUT2D eigenvalue weighted by atomic mass is 9.77. The van der Waals surface area contributed by atoms with E-state index in [0.29, 0.717) is 5.92 Å². The summed E-state index contributed by atoms with van der Waals surface area (Å²) in [7, 11) is 0. The Morgan fingerprint density at radius 3 is 1.87 bits per heavy atom. The van der Waals surface area contributed by atoms with Gasteiger partial charge in [0.2, 0.25) is 0 Å². The molecule has 1 aliphatic heterocycles. The Labute approximate surface area is 183 Å². The second kappa shape index (κ2) is 13.5. The van der Waals surface area contributed by atoms with Crippen LogP contribution in [-0.4, -0.2) is 13.2 Å². The summed E-state index contributed by atoms with van der Waals surface area (Å²) in [6.07, 6.45) is 19.4. The maximum Gasteiger partial charge on any atom is 0.183 e. The van der Waals surface area contributed by atoms with Crippen LogP contribution in [0.2, 0.25) is 0 Å². The molecule has 2 fully saturated rings. The SMILES string of the molecule is CCCCCCCCC[C@H]1CC[C@H](CC[C@H]2CO[C@H](c3ccc(F)cc3)OC2)CC1. The molecule has 0 unspecified atom stereocenters. The van der Waals surface area contributed by atoms with Crippen LogP contribution in [0, 0.1) is 23.6 Å². The molecule has 1 aromatic rings. The number of unbranched alkanes of at least 4 members (excludes halogenated alkanes) is 6. The van der Waals surface area contributed by atoms with Gasteiger partial charge in [-0.25, -0.2) is 4.39 Å². The zero-order valence-corrected chi connectivity index (χ0v) is 19.1. The first-order chi connectivity index (χ1) is 14.7. The summed E-state index contributed by atoms with van der Waals surface area (Å²) in [5.74, 6) is 2.19. The highest BCUT2D eigenvalue weighted by atomic mass is 19.1. The first kappa shape index (κ1) is 23.7. The number of rotatable bonds is 12. The standard InChI is InChI=1S/C27H43FO2/c1-2-3-4-5-6-7-8-9-22-10-12-23(13-11-22)14-15-24-20-29-27(30-21-24)25-16-18-26(28)19-17-25/h16-19,22-24,27H,2-15,20-21H2,1H3/t22-,23-,24-,27-. The summed E-state index contributed by atoms with van der Waals surface area (Å²) in [4.78, 5) is 0. The van der Waals surface area contributed by atoms with E-state index in [0.717, 1.165) is 30.6 Å². The molecule has 1 saturated heterocycles. The summed E-state index contributed by atoms with van der Waals surface area (Å²) >= 11 is 0. The first-order valence-corrected chi connectivity index (χ1v) is 12.7. The van der Waals surface area contributed by atoms with Crippen molar-refractivity contribution in [2.75, 3.05) is 13.2 Å². The van der Waals surface area contributed by atoms with Crippen LogP contribution in [0.4, 0.5) is 4.39 Å². The van der Waals surface area contributed by atoms with E-state index in [-0.39, 0.29) is 12.1 Å². The van der Waals surface area contributed by atoms with Gasteiger partial charge >= 0.3 is 0 Å². The third kappa shape index (κ3) is 8.30. The second-order valence-corrected chi connectivity index (χ2v) is 9.79. The van der Waals surface area contributed by atoms with E-state index >= 15 is 0 Å². The second-order valence-electron chi connectivity index (χ2n) is 9.79. The highest BCUT2D eigenvalue weighted by Crippen LogP contribution is 2.36. The number of halogens is 1. The van der Waals surface area contributed by atoms with Gasteiger partial charge in [0.1, 0.15) is 5.82 Å². The average Bonchev–Trinajstić information content (AvgIpc) is 2.79. The van der Waals surface area contributed by atoms with Crippen LogP contribution >= 0.6 is 0 Å². The van der Waals surface area contributed by atoms with E-state index in [4.69, 9.17) is 9.47 Å². The van der Waals surface area contributed by atoms with Gasteiger partial charge in [0.25, 0.3) is 0 Å². The van der Waals surface area contributed by atoms with Crippen molar-refractivity contribution in [2.45, 2.75) is 103 Å². The van der Waals surface area contributed by atoms with Crippen LogP contribution in [0.15, 0.2) is 24.3 Å². The molecule has 0 aromatic heterocycles. The minimum atomic E-state index is -0.330. The van der Waals surface area contributed by atoms with Crippen LogP contribution < -0.4 is 0 Å². The van der Waals surface area contributed by atoms with Gasteiger partial charge in [-0.1, -0.05) is 103 Å². The van der Waals surface area contributed by atoms with E-state index in [1.165, 1.54) is 102 Å². The minimum Gasteiger partial charge on any atom is -0.348 e. The molecule has 0 amide bonds. The van der Waals surface area contributed by atoms with Gasteiger partial charge < -0.3 is 9.47 Å². The largest absolute Gasteiger partial charge is 0.348 e. The Hall–Kier alpha value is -0.930. The van der Waals surface area contributed by atoms with Gasteiger partial charge in [-0.15, -0.1) is 0 Å². The molecule has 2 nitrogen and oxygen atoms in total. The highest BCUT2D eigenvalue weighted by Gasteiger charge is 2.26. The molecule has 1 saturated carbocycles. The molecule has 0 N–H and O–H groups in total. The van der Waals surface area contributed by atoms with E-state index < -0.39 is 0 Å². The predicted molar refractivity (Wildman–Crippen MR) is 122 cm³/mol. The topological polar surface area (TPSA) is 18.5 Å². The molecule has 1 aliphatic carbocycles. The lowest BCUT2D eigenvalue weighted by Crippen LogP contribution is -2.28. The van der Waals surface area contributed by atoms with Crippen molar-refractivity contribution >= 4 is 0 Å². The van der Waals surface area contributed by atoms with Crippen molar-refractivity contribution in [2.24, 2.45) is 17.8 Å². The third-order valence-electron chi connectivity index (χ3n) is 7.27. The fraction of sp³-hybridized carbons (Fsp3) is 0.778. The molecule has 1 heterocycles. The Morgan fingerprint density at radius 1 is 0.700 bits per heavy atom. The van der Waals surface area contributed by atoms with Crippen molar-refractivity contribution < 1.29 is 13.9 Å². The van der Waals surface area contributed by atoms with Crippen molar-refractivity contribution in [3.05, 3.63) is 35.6 Å². The van der Waals surface area contributed by atoms with Crippen LogP contribution in [0.25, 0.3) is 0 Å². The predicted octanol–water partition coefficient (Wildman–Crippen LogP) is 8.21. The quantitative estimate of drug-likeness (QED) is 0.318. The smallest absolute Gasteiger partial charge is 0.183 e. The Morgan fingerprint density at radius 2 is 1.23 bits per heavy atom. The molecule has 30 heavy (non-hydrogen) atoms. The van der Waals surface area contributed by atoms with Crippen LogP contribution in [0.1, 0.15) is 109 Å². The van der Waals surface area contributed by atoms with Crippen molar-refractivity contribution in [3.8, 4) is 0 Å². The van der Waals surface area contributed by atoms with E-state index in [1.54, 1.807) is 12.1 Å². The average molecular weight is 419 g/mol. The van der Waals surface area contributed by atoms with Crippen LogP contribution in [0.3, 0.4) is 0 Å². The molecule has 3 heteroatoms. The van der Waals surface area contributed by atoms with Crippen molar-refractivity contribution in [1.29, 1.82) is 0 Å². The molecule has 1 aromatic carbocycles. The molecular weight excluding hydrogens is 375 g/mol. The van der Waals surface area contributed by atoms with Crippen LogP contribution in [0.5, 0.6) is 0 Å². The molecule has 170 valence electrons. The Balaban J connectivity index is 1.21. The van der Waals surface area contributed by atoms with Gasteiger partial charge in [0, 0.05) is 11.5 Å². The fourth-order valence-corrected chi connectivity index (χ4v) is 5.19. The van der Waals surface area contributed by atoms with Crippen molar-refractivity contribution in [3.63, 3.8) is 0 Å². The van der Waals surface area contributed by atoms with Gasteiger partial charge in [-0.3, -0.25) is 0 Å². The number of hydrogen-bond donors (Lipinski definition) is 0. The number of benzene rings is 1. The lowest BCUT2D eigenvalue weighted by Gasteiger charge is -2.32. The Bertz CT molecular complexity index is 557. The highest BCUT2D eigenvalue weighted by molar-refractivity contribution is 5.17. The molecule has 0 spiro atoms. The number of hydrogen-bond acceptors (Lipinski definition) is 2. The Kier molecular flexibility index (Phi) is 10.7. The zero-order chi connectivity index (χ0) is 21.0. The minimum absolute atomic E-state index is 0.218. The van der Waals surface area contributed by atoms with Gasteiger partial charge in [-0.2, -0.15) is 0 Å².